The molecule has 0 aliphatic heterocycles. The minimum atomic E-state index is -0.899. The third-order valence-corrected chi connectivity index (χ3v) is 2.07. The molecule has 1 rings (SSSR count). The fourth-order valence-electron chi connectivity index (χ4n) is 1.32. The van der Waals surface area contributed by atoms with Gasteiger partial charge in [-0.15, -0.1) is 0 Å². The average Bonchev–Trinajstić information content (AvgIpc) is 2.01. The summed E-state index contributed by atoms with van der Waals surface area (Å²) in [5, 5.41) is 8.68. The van der Waals surface area contributed by atoms with Gasteiger partial charge in [0.2, 0.25) is 0 Å². The van der Waals surface area contributed by atoms with E-state index < -0.39 is 11.5 Å². The van der Waals surface area contributed by atoms with Crippen LogP contribution in [0.3, 0.4) is 0 Å². The summed E-state index contributed by atoms with van der Waals surface area (Å²) < 4.78 is 0. The highest BCUT2D eigenvalue weighted by molar-refractivity contribution is 5.68. The van der Waals surface area contributed by atoms with E-state index in [1.165, 1.54) is 0 Å². The maximum Gasteiger partial charge on any atom is 0.305 e. The lowest BCUT2D eigenvalue weighted by Gasteiger charge is -2.23. The van der Waals surface area contributed by atoms with Crippen molar-refractivity contribution in [1.29, 1.82) is 0 Å². The number of aliphatic carboxylic acids is 1. The van der Waals surface area contributed by atoms with Gasteiger partial charge in [0.1, 0.15) is 0 Å². The molecule has 76 valence electrons. The van der Waals surface area contributed by atoms with Gasteiger partial charge in [-0.25, -0.2) is 0 Å². The van der Waals surface area contributed by atoms with Crippen molar-refractivity contribution in [1.82, 2.24) is 4.98 Å². The number of hydrogen-bond donors (Lipinski definition) is 2. The average molecular weight is 194 g/mol. The van der Waals surface area contributed by atoms with Gasteiger partial charge in [0.15, 0.2) is 0 Å². The summed E-state index contributed by atoms with van der Waals surface area (Å²) in [5.41, 5.74) is 6.70. The van der Waals surface area contributed by atoms with Gasteiger partial charge >= 0.3 is 5.97 Å². The van der Waals surface area contributed by atoms with Crippen LogP contribution in [0.5, 0.6) is 0 Å². The quantitative estimate of drug-likeness (QED) is 0.753. The van der Waals surface area contributed by atoms with E-state index in [9.17, 15) is 4.79 Å². The minimum absolute atomic E-state index is 0.0869. The van der Waals surface area contributed by atoms with Gasteiger partial charge in [0.05, 0.1) is 6.42 Å². The SMILES string of the molecule is Cc1cc(C(C)(N)CC(=O)O)ccn1. The molecule has 0 amide bonds. The van der Waals surface area contributed by atoms with Crippen LogP contribution >= 0.6 is 0 Å². The number of aromatic nitrogens is 1. The summed E-state index contributed by atoms with van der Waals surface area (Å²) in [7, 11) is 0. The second kappa shape index (κ2) is 3.75. The third kappa shape index (κ3) is 2.53. The summed E-state index contributed by atoms with van der Waals surface area (Å²) in [6.07, 6.45) is 1.55. The van der Waals surface area contributed by atoms with Crippen LogP contribution in [0, 0.1) is 6.92 Å². The number of nitrogens with two attached hydrogens (primary N) is 1. The molecule has 0 saturated heterocycles. The van der Waals surface area contributed by atoms with E-state index in [-0.39, 0.29) is 6.42 Å². The third-order valence-electron chi connectivity index (χ3n) is 2.07. The van der Waals surface area contributed by atoms with Crippen molar-refractivity contribution < 1.29 is 9.90 Å². The molecule has 4 heteroatoms. The van der Waals surface area contributed by atoms with Crippen LogP contribution in [0.2, 0.25) is 0 Å². The first-order chi connectivity index (χ1) is 6.42. The molecule has 1 unspecified atom stereocenters. The van der Waals surface area contributed by atoms with Crippen molar-refractivity contribution in [2.24, 2.45) is 5.73 Å². The molecule has 1 aromatic rings. The van der Waals surface area contributed by atoms with Crippen molar-refractivity contribution in [3.05, 3.63) is 29.6 Å². The number of carboxylic acid groups (broad SMARTS) is 1. The summed E-state index contributed by atoms with van der Waals surface area (Å²) in [4.78, 5) is 14.6. The Morgan fingerprint density at radius 3 is 2.86 bits per heavy atom. The smallest absolute Gasteiger partial charge is 0.305 e. The standard InChI is InChI=1S/C10H14N2O2/c1-7-5-8(3-4-12-7)10(2,11)6-9(13)14/h3-5H,6,11H2,1-2H3,(H,13,14). The van der Waals surface area contributed by atoms with Gasteiger partial charge in [-0.3, -0.25) is 9.78 Å². The Balaban J connectivity index is 2.97. The van der Waals surface area contributed by atoms with E-state index in [4.69, 9.17) is 10.8 Å². The number of pyridine rings is 1. The van der Waals surface area contributed by atoms with E-state index in [0.717, 1.165) is 11.3 Å². The van der Waals surface area contributed by atoms with Crippen molar-refractivity contribution in [2.75, 3.05) is 0 Å². The molecule has 0 aliphatic rings. The molecule has 1 heterocycles. The second-order valence-corrected chi connectivity index (χ2v) is 3.67. The zero-order chi connectivity index (χ0) is 10.8. The summed E-state index contributed by atoms with van der Waals surface area (Å²) in [6, 6.07) is 3.55. The zero-order valence-corrected chi connectivity index (χ0v) is 8.32. The predicted molar refractivity (Wildman–Crippen MR) is 52.8 cm³/mol. The number of hydrogen-bond acceptors (Lipinski definition) is 3. The molecular weight excluding hydrogens is 180 g/mol. The van der Waals surface area contributed by atoms with E-state index in [1.807, 2.05) is 13.0 Å². The van der Waals surface area contributed by atoms with Crippen LogP contribution in [0.15, 0.2) is 18.3 Å². The monoisotopic (exact) mass is 194 g/mol. The minimum Gasteiger partial charge on any atom is -0.481 e. The Kier molecular flexibility index (Phi) is 2.86. The molecule has 0 bridgehead atoms. The van der Waals surface area contributed by atoms with Crippen molar-refractivity contribution in [2.45, 2.75) is 25.8 Å². The predicted octanol–water partition coefficient (Wildman–Crippen LogP) is 1.04. The Labute approximate surface area is 82.8 Å². The van der Waals surface area contributed by atoms with Gasteiger partial charge in [-0.1, -0.05) is 0 Å². The number of carboxylic acids is 1. The van der Waals surface area contributed by atoms with Crippen LogP contribution in [-0.4, -0.2) is 16.1 Å². The lowest BCUT2D eigenvalue weighted by molar-refractivity contribution is -0.138. The molecular formula is C10H14N2O2. The molecule has 0 saturated carbocycles. The van der Waals surface area contributed by atoms with E-state index in [1.54, 1.807) is 19.2 Å². The maximum absolute atomic E-state index is 10.6. The van der Waals surface area contributed by atoms with Crippen LogP contribution < -0.4 is 5.73 Å². The van der Waals surface area contributed by atoms with E-state index in [0.29, 0.717) is 0 Å². The van der Waals surface area contributed by atoms with Crippen LogP contribution in [-0.2, 0) is 10.3 Å². The van der Waals surface area contributed by atoms with Gasteiger partial charge in [-0.05, 0) is 31.5 Å². The molecule has 3 N–H and O–H groups in total. The first kappa shape index (κ1) is 10.7. The van der Waals surface area contributed by atoms with Gasteiger partial charge in [0.25, 0.3) is 0 Å². The molecule has 14 heavy (non-hydrogen) atoms. The van der Waals surface area contributed by atoms with E-state index in [2.05, 4.69) is 4.98 Å². The first-order valence-electron chi connectivity index (χ1n) is 4.35. The molecule has 0 fully saturated rings. The normalized spacial score (nSPS) is 14.8. The second-order valence-electron chi connectivity index (χ2n) is 3.67. The van der Waals surface area contributed by atoms with Crippen molar-refractivity contribution >= 4 is 5.97 Å². The van der Waals surface area contributed by atoms with Crippen LogP contribution in [0.4, 0.5) is 0 Å². The topological polar surface area (TPSA) is 76.2 Å². The fraction of sp³-hybridized carbons (Fsp3) is 0.400. The molecule has 0 spiro atoms. The van der Waals surface area contributed by atoms with Crippen molar-refractivity contribution in [3.63, 3.8) is 0 Å². The Hall–Kier alpha value is -1.42. The Morgan fingerprint density at radius 1 is 1.71 bits per heavy atom. The first-order valence-corrected chi connectivity index (χ1v) is 4.35. The largest absolute Gasteiger partial charge is 0.481 e. The highest BCUT2D eigenvalue weighted by Gasteiger charge is 2.24. The number of nitrogens with zero attached hydrogens (tertiary/aromatic N) is 1. The summed E-state index contributed by atoms with van der Waals surface area (Å²) in [5.74, 6) is -0.899. The molecule has 1 aromatic heterocycles. The van der Waals surface area contributed by atoms with Crippen molar-refractivity contribution in [3.8, 4) is 0 Å². The lowest BCUT2D eigenvalue weighted by atomic mass is 9.90. The Bertz CT molecular complexity index is 348. The molecule has 1 atom stereocenters. The summed E-state index contributed by atoms with van der Waals surface area (Å²) >= 11 is 0. The van der Waals surface area contributed by atoms with Crippen LogP contribution in [0.1, 0.15) is 24.6 Å². The van der Waals surface area contributed by atoms with E-state index >= 15 is 0 Å². The highest BCUT2D eigenvalue weighted by atomic mass is 16.4. The number of aryl methyl sites for hydroxylation is 1. The lowest BCUT2D eigenvalue weighted by Crippen LogP contribution is -2.35. The Morgan fingerprint density at radius 2 is 2.36 bits per heavy atom. The van der Waals surface area contributed by atoms with Crippen LogP contribution in [0.25, 0.3) is 0 Å². The van der Waals surface area contributed by atoms with Gasteiger partial charge in [0, 0.05) is 17.4 Å². The molecule has 0 radical (unpaired) electrons. The maximum atomic E-state index is 10.6. The molecule has 0 aliphatic carbocycles. The van der Waals surface area contributed by atoms with Gasteiger partial charge in [-0.2, -0.15) is 0 Å². The number of rotatable bonds is 3. The fourth-order valence-corrected chi connectivity index (χ4v) is 1.32. The zero-order valence-electron chi connectivity index (χ0n) is 8.32. The highest BCUT2D eigenvalue weighted by Crippen LogP contribution is 2.21. The van der Waals surface area contributed by atoms with Gasteiger partial charge < -0.3 is 10.8 Å². The molecule has 0 aromatic carbocycles. The molecule has 4 nitrogen and oxygen atoms in total. The number of carbonyl (C=O) groups is 1. The summed E-state index contributed by atoms with van der Waals surface area (Å²) in [6.45, 7) is 3.55.